The Labute approximate surface area is 159 Å². The van der Waals surface area contributed by atoms with Gasteiger partial charge in [-0.25, -0.2) is 0 Å². The van der Waals surface area contributed by atoms with E-state index in [-0.39, 0.29) is 11.8 Å². The lowest BCUT2D eigenvalue weighted by Gasteiger charge is -2.42. The van der Waals surface area contributed by atoms with Crippen LogP contribution in [0.4, 0.5) is 0 Å². The number of piperidine rings is 2. The Morgan fingerprint density at radius 1 is 1.08 bits per heavy atom. The van der Waals surface area contributed by atoms with Gasteiger partial charge in [0.2, 0.25) is 11.8 Å². The van der Waals surface area contributed by atoms with Crippen molar-refractivity contribution in [1.82, 2.24) is 15.1 Å². The third-order valence-electron chi connectivity index (χ3n) is 6.06. The van der Waals surface area contributed by atoms with Gasteiger partial charge < -0.3 is 10.2 Å². The average Bonchev–Trinajstić information content (AvgIpc) is 3.41. The van der Waals surface area contributed by atoms with E-state index in [1.807, 2.05) is 11.4 Å². The Kier molecular flexibility index (Phi) is 5.60. The first-order valence-electron chi connectivity index (χ1n) is 10.0. The van der Waals surface area contributed by atoms with Gasteiger partial charge in [0.1, 0.15) is 0 Å². The second kappa shape index (κ2) is 8.09. The predicted octanol–water partition coefficient (Wildman–Crippen LogP) is 2.48. The molecule has 0 bridgehead atoms. The fourth-order valence-corrected chi connectivity index (χ4v) is 4.97. The zero-order chi connectivity index (χ0) is 17.9. The molecule has 6 heteroatoms. The number of nitrogens with zero attached hydrogens (tertiary/aromatic N) is 2. The smallest absolute Gasteiger partial charge is 0.225 e. The molecule has 1 N–H and O–H groups in total. The summed E-state index contributed by atoms with van der Waals surface area (Å²) in [7, 11) is 0. The van der Waals surface area contributed by atoms with E-state index in [4.69, 9.17) is 0 Å². The van der Waals surface area contributed by atoms with E-state index < -0.39 is 0 Å². The second-order valence-corrected chi connectivity index (χ2v) is 8.99. The second-order valence-electron chi connectivity index (χ2n) is 7.96. The number of hydrogen-bond acceptors (Lipinski definition) is 4. The van der Waals surface area contributed by atoms with Gasteiger partial charge >= 0.3 is 0 Å². The lowest BCUT2D eigenvalue weighted by Crippen LogP contribution is -2.51. The zero-order valence-corrected chi connectivity index (χ0v) is 16.2. The number of likely N-dealkylation sites (tertiary alicyclic amines) is 2. The molecule has 26 heavy (non-hydrogen) atoms. The highest BCUT2D eigenvalue weighted by molar-refractivity contribution is 7.09. The number of carbonyl (C=O) groups excluding carboxylic acids is 2. The maximum Gasteiger partial charge on any atom is 0.225 e. The summed E-state index contributed by atoms with van der Waals surface area (Å²) in [5.41, 5.74) is 0. The number of carbonyl (C=O) groups is 2. The van der Waals surface area contributed by atoms with E-state index in [1.54, 1.807) is 11.3 Å². The minimum absolute atomic E-state index is 0.106. The summed E-state index contributed by atoms with van der Waals surface area (Å²) in [6.07, 6.45) is 6.38. The molecule has 5 nitrogen and oxygen atoms in total. The summed E-state index contributed by atoms with van der Waals surface area (Å²) in [6.45, 7) is 4.40. The van der Waals surface area contributed by atoms with Gasteiger partial charge in [-0.2, -0.15) is 0 Å². The van der Waals surface area contributed by atoms with E-state index in [0.29, 0.717) is 24.4 Å². The number of thiophene rings is 1. The molecule has 2 saturated heterocycles. The third kappa shape index (κ3) is 4.29. The van der Waals surface area contributed by atoms with Crippen molar-refractivity contribution in [2.75, 3.05) is 26.2 Å². The Morgan fingerprint density at radius 2 is 1.88 bits per heavy atom. The van der Waals surface area contributed by atoms with E-state index in [0.717, 1.165) is 64.7 Å². The zero-order valence-electron chi connectivity index (χ0n) is 15.4. The molecule has 1 unspecified atom stereocenters. The number of amides is 2. The summed E-state index contributed by atoms with van der Waals surface area (Å²) in [4.78, 5) is 30.6. The molecule has 1 aromatic rings. The number of nitrogens with one attached hydrogen (secondary N) is 1. The van der Waals surface area contributed by atoms with E-state index in [9.17, 15) is 9.59 Å². The summed E-state index contributed by atoms with van der Waals surface area (Å²) in [5, 5.41) is 5.16. The van der Waals surface area contributed by atoms with Gasteiger partial charge in [-0.15, -0.1) is 11.3 Å². The molecule has 2 aliphatic heterocycles. The van der Waals surface area contributed by atoms with Crippen LogP contribution in [0.25, 0.3) is 0 Å². The van der Waals surface area contributed by atoms with Gasteiger partial charge in [0.15, 0.2) is 0 Å². The minimum atomic E-state index is 0.106. The highest BCUT2D eigenvalue weighted by Crippen LogP contribution is 2.32. The molecule has 3 heterocycles. The van der Waals surface area contributed by atoms with E-state index in [1.165, 1.54) is 4.88 Å². The van der Waals surface area contributed by atoms with Crippen LogP contribution in [0.2, 0.25) is 0 Å². The van der Waals surface area contributed by atoms with E-state index in [2.05, 4.69) is 21.2 Å². The van der Waals surface area contributed by atoms with Crippen LogP contribution in [-0.4, -0.2) is 53.8 Å². The van der Waals surface area contributed by atoms with E-state index >= 15 is 0 Å². The van der Waals surface area contributed by atoms with Crippen molar-refractivity contribution in [2.24, 2.45) is 11.8 Å². The lowest BCUT2D eigenvalue weighted by atomic mass is 9.93. The highest BCUT2D eigenvalue weighted by atomic mass is 32.1. The number of hydrogen-bond donors (Lipinski definition) is 1. The molecule has 1 aromatic heterocycles. The number of rotatable bonds is 5. The van der Waals surface area contributed by atoms with Crippen molar-refractivity contribution in [3.63, 3.8) is 0 Å². The summed E-state index contributed by atoms with van der Waals surface area (Å²) in [6, 6.07) is 4.62. The normalized spacial score (nSPS) is 25.2. The molecule has 1 saturated carbocycles. The first kappa shape index (κ1) is 18.0. The summed E-state index contributed by atoms with van der Waals surface area (Å²) >= 11 is 1.69. The van der Waals surface area contributed by atoms with Crippen LogP contribution in [-0.2, 0) is 16.1 Å². The topological polar surface area (TPSA) is 52.7 Å². The minimum Gasteiger partial charge on any atom is -0.351 e. The van der Waals surface area contributed by atoms with Gasteiger partial charge in [0.25, 0.3) is 0 Å². The first-order valence-corrected chi connectivity index (χ1v) is 10.9. The fraction of sp³-hybridized carbons (Fsp3) is 0.700. The SMILES string of the molecule is O=C(NCc1cccs1)C1CCCN(C2CCN(C(=O)C3CC3)CC2)C1. The predicted molar refractivity (Wildman–Crippen MR) is 103 cm³/mol. The molecule has 2 amide bonds. The van der Waals surface area contributed by atoms with Crippen molar-refractivity contribution in [3.8, 4) is 0 Å². The lowest BCUT2D eigenvalue weighted by molar-refractivity contribution is -0.134. The first-order chi connectivity index (χ1) is 12.7. The molecular formula is C20H29N3O2S. The maximum atomic E-state index is 12.6. The molecule has 0 spiro atoms. The Morgan fingerprint density at radius 3 is 2.58 bits per heavy atom. The van der Waals surface area contributed by atoms with Crippen molar-refractivity contribution >= 4 is 23.2 Å². The van der Waals surface area contributed by atoms with Crippen molar-refractivity contribution < 1.29 is 9.59 Å². The monoisotopic (exact) mass is 375 g/mol. The summed E-state index contributed by atoms with van der Waals surface area (Å²) in [5.74, 6) is 1.02. The van der Waals surface area contributed by atoms with Crippen LogP contribution >= 0.6 is 11.3 Å². The van der Waals surface area contributed by atoms with Crippen molar-refractivity contribution in [2.45, 2.75) is 51.1 Å². The van der Waals surface area contributed by atoms with Crippen LogP contribution in [0.1, 0.15) is 43.4 Å². The van der Waals surface area contributed by atoms with Gasteiger partial charge in [0.05, 0.1) is 12.5 Å². The van der Waals surface area contributed by atoms with Gasteiger partial charge in [-0.1, -0.05) is 6.07 Å². The third-order valence-corrected chi connectivity index (χ3v) is 6.94. The highest BCUT2D eigenvalue weighted by Gasteiger charge is 2.37. The molecule has 1 atom stereocenters. The molecule has 4 rings (SSSR count). The average molecular weight is 376 g/mol. The summed E-state index contributed by atoms with van der Waals surface area (Å²) < 4.78 is 0. The van der Waals surface area contributed by atoms with Crippen LogP contribution < -0.4 is 5.32 Å². The molecule has 1 aliphatic carbocycles. The molecule has 142 valence electrons. The van der Waals surface area contributed by atoms with Crippen molar-refractivity contribution in [3.05, 3.63) is 22.4 Å². The Hall–Kier alpha value is -1.40. The van der Waals surface area contributed by atoms with Gasteiger partial charge in [-0.05, 0) is 56.5 Å². The molecule has 3 aliphatic rings. The van der Waals surface area contributed by atoms with Crippen LogP contribution in [0.15, 0.2) is 17.5 Å². The Bertz CT molecular complexity index is 621. The van der Waals surface area contributed by atoms with Crippen molar-refractivity contribution in [1.29, 1.82) is 0 Å². The van der Waals surface area contributed by atoms with Crippen LogP contribution in [0.3, 0.4) is 0 Å². The fourth-order valence-electron chi connectivity index (χ4n) is 4.32. The molecule has 3 fully saturated rings. The van der Waals surface area contributed by atoms with Crippen LogP contribution in [0.5, 0.6) is 0 Å². The molecule has 0 aromatic carbocycles. The quantitative estimate of drug-likeness (QED) is 0.860. The Balaban J connectivity index is 1.24. The molecule has 0 radical (unpaired) electrons. The molecular weight excluding hydrogens is 346 g/mol. The maximum absolute atomic E-state index is 12.6. The van der Waals surface area contributed by atoms with Crippen LogP contribution in [0, 0.1) is 11.8 Å². The van der Waals surface area contributed by atoms with Gasteiger partial charge in [-0.3, -0.25) is 14.5 Å². The largest absolute Gasteiger partial charge is 0.351 e. The van der Waals surface area contributed by atoms with Gasteiger partial charge in [0, 0.05) is 36.5 Å². The standard InChI is InChI=1S/C20H29N3O2S/c24-19(21-13-18-4-2-12-26-18)16-3-1-9-23(14-16)17-7-10-22(11-8-17)20(25)15-5-6-15/h2,4,12,15-17H,1,3,5-11,13-14H2,(H,21,24).